The van der Waals surface area contributed by atoms with Crippen LogP contribution in [0.2, 0.25) is 0 Å². The molecule has 0 fully saturated rings. The molecule has 1 aliphatic rings. The van der Waals surface area contributed by atoms with Gasteiger partial charge in [-0.3, -0.25) is 0 Å². The third-order valence-electron chi connectivity index (χ3n) is 2.99. The highest BCUT2D eigenvalue weighted by Gasteiger charge is 2.43. The fourth-order valence-electron chi connectivity index (χ4n) is 2.07. The van der Waals surface area contributed by atoms with Gasteiger partial charge in [0.15, 0.2) is 11.5 Å². The second-order valence-corrected chi connectivity index (χ2v) is 4.90. The number of ether oxygens (including phenoxy) is 2. The van der Waals surface area contributed by atoms with E-state index < -0.39 is 6.29 Å². The predicted octanol–water partition coefficient (Wildman–Crippen LogP) is 2.79. The van der Waals surface area contributed by atoms with Crippen molar-refractivity contribution in [2.75, 3.05) is 5.32 Å². The van der Waals surface area contributed by atoms with Gasteiger partial charge in [-0.05, 0) is 26.0 Å². The highest BCUT2D eigenvalue weighted by molar-refractivity contribution is 5.55. The van der Waals surface area contributed by atoms with Crippen LogP contribution < -0.4 is 14.8 Å². The third-order valence-corrected chi connectivity index (χ3v) is 2.99. The summed E-state index contributed by atoms with van der Waals surface area (Å²) in [7, 11) is 0. The smallest absolute Gasteiger partial charge is 0.395 e. The lowest BCUT2D eigenvalue weighted by Gasteiger charge is -2.11. The molecule has 1 aromatic heterocycles. The molecule has 1 aromatic carbocycles. The second-order valence-electron chi connectivity index (χ2n) is 4.90. The summed E-state index contributed by atoms with van der Waals surface area (Å²) >= 11 is 0. The molecule has 21 heavy (non-hydrogen) atoms. The summed E-state index contributed by atoms with van der Waals surface area (Å²) in [6.45, 7) is 4.43. The van der Waals surface area contributed by atoms with E-state index in [1.54, 1.807) is 10.7 Å². The van der Waals surface area contributed by atoms with Gasteiger partial charge in [0.25, 0.3) is 0 Å². The Morgan fingerprint density at radius 3 is 2.81 bits per heavy atom. The lowest BCUT2D eigenvalue weighted by Crippen LogP contribution is -2.25. The Balaban J connectivity index is 1.71. The highest BCUT2D eigenvalue weighted by atomic mass is 19.3. The maximum Gasteiger partial charge on any atom is 0.586 e. The summed E-state index contributed by atoms with van der Waals surface area (Å²) in [6, 6.07) is 4.73. The van der Waals surface area contributed by atoms with Crippen molar-refractivity contribution in [1.29, 1.82) is 0 Å². The van der Waals surface area contributed by atoms with Gasteiger partial charge in [0.1, 0.15) is 12.2 Å². The zero-order valence-corrected chi connectivity index (χ0v) is 11.5. The Bertz CT molecular complexity index is 657. The zero-order valence-electron chi connectivity index (χ0n) is 11.5. The molecule has 0 spiro atoms. The molecule has 0 atom stereocenters. The molecule has 3 rings (SSSR count). The van der Waals surface area contributed by atoms with Crippen LogP contribution in [0.4, 0.5) is 14.5 Å². The number of anilines is 1. The zero-order chi connectivity index (χ0) is 15.0. The molecule has 2 heterocycles. The van der Waals surface area contributed by atoms with Gasteiger partial charge in [-0.2, -0.15) is 5.10 Å². The molecule has 2 aromatic rings. The minimum atomic E-state index is -3.60. The SMILES string of the molecule is CC(C)n1ncnc1CNc1ccc2c(c1)OC(F)(F)O2. The quantitative estimate of drug-likeness (QED) is 0.940. The monoisotopic (exact) mass is 296 g/mol. The number of fused-ring (bicyclic) bond motifs is 1. The summed E-state index contributed by atoms with van der Waals surface area (Å²) in [5.41, 5.74) is 0.633. The molecule has 0 saturated heterocycles. The third kappa shape index (κ3) is 2.74. The molecular formula is C13H14F2N4O2. The topological polar surface area (TPSA) is 61.2 Å². The minimum absolute atomic E-state index is 0.00956. The van der Waals surface area contributed by atoms with Crippen molar-refractivity contribution < 1.29 is 18.3 Å². The van der Waals surface area contributed by atoms with Gasteiger partial charge in [0, 0.05) is 17.8 Å². The van der Waals surface area contributed by atoms with Crippen LogP contribution in [0.15, 0.2) is 24.5 Å². The second kappa shape index (κ2) is 4.87. The highest BCUT2D eigenvalue weighted by Crippen LogP contribution is 2.42. The van der Waals surface area contributed by atoms with Crippen LogP contribution in [-0.4, -0.2) is 21.1 Å². The molecule has 0 aliphatic carbocycles. The van der Waals surface area contributed by atoms with E-state index in [1.807, 2.05) is 13.8 Å². The van der Waals surface area contributed by atoms with Gasteiger partial charge in [-0.25, -0.2) is 9.67 Å². The summed E-state index contributed by atoms with van der Waals surface area (Å²) in [4.78, 5) is 4.16. The van der Waals surface area contributed by atoms with Crippen LogP contribution in [0.3, 0.4) is 0 Å². The normalized spacial score (nSPS) is 15.5. The number of hydrogen-bond acceptors (Lipinski definition) is 5. The fourth-order valence-corrected chi connectivity index (χ4v) is 2.07. The Morgan fingerprint density at radius 2 is 2.05 bits per heavy atom. The van der Waals surface area contributed by atoms with E-state index in [9.17, 15) is 8.78 Å². The van der Waals surface area contributed by atoms with E-state index in [-0.39, 0.29) is 17.5 Å². The number of rotatable bonds is 4. The number of nitrogens with one attached hydrogen (secondary N) is 1. The van der Waals surface area contributed by atoms with Crippen molar-refractivity contribution in [3.63, 3.8) is 0 Å². The summed E-state index contributed by atoms with van der Waals surface area (Å²) in [5.74, 6) is 0.791. The molecule has 0 bridgehead atoms. The summed E-state index contributed by atoms with van der Waals surface area (Å²) in [6.07, 6.45) is -2.12. The minimum Gasteiger partial charge on any atom is -0.395 e. The number of halogens is 2. The van der Waals surface area contributed by atoms with Crippen LogP contribution in [0.5, 0.6) is 11.5 Å². The molecule has 0 radical (unpaired) electrons. The van der Waals surface area contributed by atoms with E-state index in [0.717, 1.165) is 5.82 Å². The largest absolute Gasteiger partial charge is 0.586 e. The summed E-state index contributed by atoms with van der Waals surface area (Å²) < 4.78 is 36.4. The molecular weight excluding hydrogens is 282 g/mol. The number of aromatic nitrogens is 3. The number of nitrogens with zero attached hydrogens (tertiary/aromatic N) is 3. The van der Waals surface area contributed by atoms with E-state index in [2.05, 4.69) is 24.9 Å². The van der Waals surface area contributed by atoms with Crippen LogP contribution in [0.1, 0.15) is 25.7 Å². The average molecular weight is 296 g/mol. The van der Waals surface area contributed by atoms with Crippen molar-refractivity contribution in [3.05, 3.63) is 30.4 Å². The number of benzene rings is 1. The molecule has 8 heteroatoms. The first-order valence-corrected chi connectivity index (χ1v) is 6.47. The Hall–Kier alpha value is -2.38. The van der Waals surface area contributed by atoms with Crippen molar-refractivity contribution >= 4 is 5.69 Å². The van der Waals surface area contributed by atoms with Crippen molar-refractivity contribution in [3.8, 4) is 11.5 Å². The average Bonchev–Trinajstić information content (AvgIpc) is 2.97. The fraction of sp³-hybridized carbons (Fsp3) is 0.385. The number of alkyl halides is 2. The standard InChI is InChI=1S/C13H14F2N4O2/c1-8(2)19-12(17-7-18-19)6-16-9-3-4-10-11(5-9)21-13(14,15)20-10/h3-5,7-8,16H,6H2,1-2H3. The molecule has 1 N–H and O–H groups in total. The Labute approximate surface area is 119 Å². The van der Waals surface area contributed by atoms with E-state index in [1.165, 1.54) is 18.5 Å². The van der Waals surface area contributed by atoms with Gasteiger partial charge >= 0.3 is 6.29 Å². The first-order valence-electron chi connectivity index (χ1n) is 6.47. The van der Waals surface area contributed by atoms with Crippen LogP contribution in [0, 0.1) is 0 Å². The maximum absolute atomic E-state index is 12.9. The summed E-state index contributed by atoms with van der Waals surface area (Å²) in [5, 5.41) is 7.22. The van der Waals surface area contributed by atoms with Gasteiger partial charge in [-0.15, -0.1) is 8.78 Å². The van der Waals surface area contributed by atoms with Gasteiger partial charge < -0.3 is 14.8 Å². The van der Waals surface area contributed by atoms with Crippen molar-refractivity contribution in [2.45, 2.75) is 32.7 Å². The molecule has 0 amide bonds. The van der Waals surface area contributed by atoms with Gasteiger partial charge in [-0.1, -0.05) is 0 Å². The first-order chi connectivity index (χ1) is 9.94. The Kier molecular flexibility index (Phi) is 3.15. The number of hydrogen-bond donors (Lipinski definition) is 1. The Morgan fingerprint density at radius 1 is 1.29 bits per heavy atom. The van der Waals surface area contributed by atoms with E-state index in [4.69, 9.17) is 0 Å². The van der Waals surface area contributed by atoms with Gasteiger partial charge in [0.2, 0.25) is 0 Å². The van der Waals surface area contributed by atoms with E-state index >= 15 is 0 Å². The maximum atomic E-state index is 12.9. The molecule has 0 saturated carbocycles. The van der Waals surface area contributed by atoms with Crippen LogP contribution in [-0.2, 0) is 6.54 Å². The van der Waals surface area contributed by atoms with Crippen LogP contribution in [0.25, 0.3) is 0 Å². The lowest BCUT2D eigenvalue weighted by atomic mass is 10.3. The van der Waals surface area contributed by atoms with Gasteiger partial charge in [0.05, 0.1) is 6.54 Å². The van der Waals surface area contributed by atoms with Crippen molar-refractivity contribution in [2.24, 2.45) is 0 Å². The first kappa shape index (κ1) is 13.6. The van der Waals surface area contributed by atoms with Crippen LogP contribution >= 0.6 is 0 Å². The molecule has 6 nitrogen and oxygen atoms in total. The van der Waals surface area contributed by atoms with E-state index in [0.29, 0.717) is 12.2 Å². The predicted molar refractivity (Wildman–Crippen MR) is 70.4 cm³/mol. The molecule has 0 unspecified atom stereocenters. The molecule has 1 aliphatic heterocycles. The molecule has 112 valence electrons. The van der Waals surface area contributed by atoms with Crippen molar-refractivity contribution in [1.82, 2.24) is 14.8 Å². The lowest BCUT2D eigenvalue weighted by molar-refractivity contribution is -0.286.